The first-order valence-electron chi connectivity index (χ1n) is 5.45. The van der Waals surface area contributed by atoms with Crippen LogP contribution in [-0.4, -0.2) is 22.1 Å². The maximum Gasteiger partial charge on any atom is 0.224 e. The van der Waals surface area contributed by atoms with E-state index in [0.717, 1.165) is 5.82 Å². The maximum atomic E-state index is 5.81. The Morgan fingerprint density at radius 1 is 1.33 bits per heavy atom. The Bertz CT molecular complexity index is 332. The number of aromatic nitrogens is 2. The highest BCUT2D eigenvalue weighted by Crippen LogP contribution is 2.27. The molecule has 0 saturated carbocycles. The molecule has 0 aliphatic carbocycles. The van der Waals surface area contributed by atoms with Crippen molar-refractivity contribution in [2.75, 3.05) is 4.90 Å². The molecule has 1 aliphatic heterocycles. The Balaban J connectivity index is 2.27. The number of hydrogen-bond acceptors (Lipinski definition) is 3. The Morgan fingerprint density at radius 3 is 2.60 bits per heavy atom. The zero-order valence-corrected chi connectivity index (χ0v) is 9.91. The molecule has 0 aromatic carbocycles. The average molecular weight is 226 g/mol. The molecule has 4 heteroatoms. The second kappa shape index (κ2) is 4.35. The lowest BCUT2D eigenvalue weighted by molar-refractivity contribution is 0.411. The van der Waals surface area contributed by atoms with Crippen LogP contribution in [0.1, 0.15) is 33.1 Å². The number of halogens is 1. The Labute approximate surface area is 95.5 Å². The zero-order valence-electron chi connectivity index (χ0n) is 9.15. The van der Waals surface area contributed by atoms with Gasteiger partial charge in [0.15, 0.2) is 0 Å². The molecule has 2 atom stereocenters. The SMILES string of the molecule is C[C@@H]1CCC[C@@H](C)N1c1ccnc(Cl)n1. The first-order valence-corrected chi connectivity index (χ1v) is 5.83. The molecule has 15 heavy (non-hydrogen) atoms. The van der Waals surface area contributed by atoms with Crippen LogP contribution in [0, 0.1) is 0 Å². The van der Waals surface area contributed by atoms with Gasteiger partial charge in [0.25, 0.3) is 0 Å². The van der Waals surface area contributed by atoms with Crippen molar-refractivity contribution in [2.24, 2.45) is 0 Å². The zero-order chi connectivity index (χ0) is 10.8. The van der Waals surface area contributed by atoms with Gasteiger partial charge in [-0.3, -0.25) is 0 Å². The molecule has 0 unspecified atom stereocenters. The summed E-state index contributed by atoms with van der Waals surface area (Å²) in [6.07, 6.45) is 5.48. The van der Waals surface area contributed by atoms with Crippen molar-refractivity contribution in [2.45, 2.75) is 45.2 Å². The van der Waals surface area contributed by atoms with Gasteiger partial charge in [0, 0.05) is 18.3 Å². The minimum absolute atomic E-state index is 0.331. The van der Waals surface area contributed by atoms with Gasteiger partial charge < -0.3 is 4.90 Å². The van der Waals surface area contributed by atoms with Crippen LogP contribution in [0.4, 0.5) is 5.82 Å². The van der Waals surface area contributed by atoms with E-state index in [4.69, 9.17) is 11.6 Å². The van der Waals surface area contributed by atoms with E-state index in [9.17, 15) is 0 Å². The fraction of sp³-hybridized carbons (Fsp3) is 0.636. The topological polar surface area (TPSA) is 29.0 Å². The van der Waals surface area contributed by atoms with Crippen LogP contribution >= 0.6 is 11.6 Å². The van der Waals surface area contributed by atoms with Crippen LogP contribution in [0.25, 0.3) is 0 Å². The summed E-state index contributed by atoms with van der Waals surface area (Å²) in [6, 6.07) is 3.02. The van der Waals surface area contributed by atoms with Gasteiger partial charge in [-0.15, -0.1) is 0 Å². The third kappa shape index (κ3) is 2.23. The van der Waals surface area contributed by atoms with Crippen LogP contribution in [0.15, 0.2) is 12.3 Å². The molecule has 0 amide bonds. The number of nitrogens with zero attached hydrogens (tertiary/aromatic N) is 3. The van der Waals surface area contributed by atoms with Gasteiger partial charge in [-0.1, -0.05) is 0 Å². The van der Waals surface area contributed by atoms with Crippen LogP contribution in [0.5, 0.6) is 0 Å². The first kappa shape index (κ1) is 10.7. The number of rotatable bonds is 1. The molecule has 82 valence electrons. The Kier molecular flexibility index (Phi) is 3.10. The summed E-state index contributed by atoms with van der Waals surface area (Å²) in [7, 11) is 0. The van der Waals surface area contributed by atoms with E-state index >= 15 is 0 Å². The highest BCUT2D eigenvalue weighted by molar-refractivity contribution is 6.28. The molecule has 1 aromatic heterocycles. The maximum absolute atomic E-state index is 5.81. The summed E-state index contributed by atoms with van der Waals surface area (Å²) in [5.41, 5.74) is 0. The van der Waals surface area contributed by atoms with Crippen LogP contribution in [0.3, 0.4) is 0 Å². The second-order valence-electron chi connectivity index (χ2n) is 4.22. The largest absolute Gasteiger partial charge is 0.351 e. The normalized spacial score (nSPS) is 26.7. The average Bonchev–Trinajstić information content (AvgIpc) is 2.17. The molecule has 2 rings (SSSR count). The van der Waals surface area contributed by atoms with E-state index in [0.29, 0.717) is 17.4 Å². The molecule has 3 nitrogen and oxygen atoms in total. The Hall–Kier alpha value is -0.830. The number of hydrogen-bond donors (Lipinski definition) is 0. The Morgan fingerprint density at radius 2 is 2.00 bits per heavy atom. The van der Waals surface area contributed by atoms with Crippen molar-refractivity contribution in [3.05, 3.63) is 17.5 Å². The molecule has 0 bridgehead atoms. The fourth-order valence-electron chi connectivity index (χ4n) is 2.34. The summed E-state index contributed by atoms with van der Waals surface area (Å²) >= 11 is 5.81. The molecule has 0 spiro atoms. The van der Waals surface area contributed by atoms with Gasteiger partial charge in [-0.2, -0.15) is 0 Å². The van der Waals surface area contributed by atoms with Crippen molar-refractivity contribution in [3.63, 3.8) is 0 Å². The molecular formula is C11H16ClN3. The smallest absolute Gasteiger partial charge is 0.224 e. The monoisotopic (exact) mass is 225 g/mol. The predicted molar refractivity (Wildman–Crippen MR) is 62.3 cm³/mol. The highest BCUT2D eigenvalue weighted by atomic mass is 35.5. The van der Waals surface area contributed by atoms with Crippen LogP contribution in [0.2, 0.25) is 5.28 Å². The van der Waals surface area contributed by atoms with Crippen LogP contribution in [-0.2, 0) is 0 Å². The van der Waals surface area contributed by atoms with Crippen molar-refractivity contribution in [3.8, 4) is 0 Å². The number of piperidine rings is 1. The molecule has 0 radical (unpaired) electrons. The summed E-state index contributed by atoms with van der Waals surface area (Å²) < 4.78 is 0. The lowest BCUT2D eigenvalue weighted by Crippen LogP contribution is -2.44. The molecule has 1 saturated heterocycles. The van der Waals surface area contributed by atoms with E-state index in [1.807, 2.05) is 6.07 Å². The van der Waals surface area contributed by atoms with E-state index < -0.39 is 0 Å². The predicted octanol–water partition coefficient (Wildman–Crippen LogP) is 2.90. The molecule has 0 N–H and O–H groups in total. The third-order valence-corrected chi connectivity index (χ3v) is 3.25. The van der Waals surface area contributed by atoms with Gasteiger partial charge >= 0.3 is 0 Å². The van der Waals surface area contributed by atoms with Gasteiger partial charge in [0.05, 0.1) is 0 Å². The standard InChI is InChI=1S/C11H16ClN3/c1-8-4-3-5-9(2)15(8)10-6-7-13-11(12)14-10/h6-9H,3-5H2,1-2H3/t8-,9-/m1/s1. The minimum Gasteiger partial charge on any atom is -0.351 e. The van der Waals surface area contributed by atoms with Crippen molar-refractivity contribution >= 4 is 17.4 Å². The number of anilines is 1. The van der Waals surface area contributed by atoms with Crippen molar-refractivity contribution < 1.29 is 0 Å². The molecular weight excluding hydrogens is 210 g/mol. The highest BCUT2D eigenvalue weighted by Gasteiger charge is 2.25. The van der Waals surface area contributed by atoms with Gasteiger partial charge in [-0.25, -0.2) is 9.97 Å². The fourth-order valence-corrected chi connectivity index (χ4v) is 2.49. The lowest BCUT2D eigenvalue weighted by atomic mass is 9.98. The third-order valence-electron chi connectivity index (χ3n) is 3.07. The van der Waals surface area contributed by atoms with Gasteiger partial charge in [-0.05, 0) is 50.8 Å². The van der Waals surface area contributed by atoms with E-state index in [1.165, 1.54) is 19.3 Å². The summed E-state index contributed by atoms with van der Waals surface area (Å²) in [5, 5.41) is 0.331. The second-order valence-corrected chi connectivity index (χ2v) is 4.56. The van der Waals surface area contributed by atoms with Crippen molar-refractivity contribution in [1.82, 2.24) is 9.97 Å². The van der Waals surface area contributed by atoms with E-state index in [2.05, 4.69) is 28.7 Å². The first-order chi connectivity index (χ1) is 7.18. The summed E-state index contributed by atoms with van der Waals surface area (Å²) in [6.45, 7) is 4.48. The lowest BCUT2D eigenvalue weighted by Gasteiger charge is -2.39. The molecule has 1 fully saturated rings. The van der Waals surface area contributed by atoms with E-state index in [1.54, 1.807) is 6.20 Å². The molecule has 1 aliphatic rings. The molecule has 1 aromatic rings. The van der Waals surface area contributed by atoms with E-state index in [-0.39, 0.29) is 0 Å². The van der Waals surface area contributed by atoms with Gasteiger partial charge in [0.1, 0.15) is 5.82 Å². The molecule has 2 heterocycles. The summed E-state index contributed by atoms with van der Waals surface area (Å²) in [4.78, 5) is 10.5. The summed E-state index contributed by atoms with van der Waals surface area (Å²) in [5.74, 6) is 0.953. The minimum atomic E-state index is 0.331. The van der Waals surface area contributed by atoms with Crippen molar-refractivity contribution in [1.29, 1.82) is 0 Å². The quantitative estimate of drug-likeness (QED) is 0.689. The van der Waals surface area contributed by atoms with Crippen LogP contribution < -0.4 is 4.90 Å². The van der Waals surface area contributed by atoms with Gasteiger partial charge in [0.2, 0.25) is 5.28 Å².